The van der Waals surface area contributed by atoms with Crippen LogP contribution in [0.2, 0.25) is 10.0 Å². The molecule has 2 nitrogen and oxygen atoms in total. The summed E-state index contributed by atoms with van der Waals surface area (Å²) in [5.74, 6) is 0. The first-order valence-electron chi connectivity index (χ1n) is 8.92. The molecular weight excluding hydrogens is 423 g/mol. The van der Waals surface area contributed by atoms with E-state index in [1.807, 2.05) is 60.7 Å². The van der Waals surface area contributed by atoms with Crippen LogP contribution >= 0.6 is 23.2 Å². The second-order valence-corrected chi connectivity index (χ2v) is 9.28. The Morgan fingerprint density at radius 1 is 0.517 bits per heavy atom. The van der Waals surface area contributed by atoms with Gasteiger partial charge in [0, 0.05) is 21.2 Å². The lowest BCUT2D eigenvalue weighted by molar-refractivity contribution is 0.596. The van der Waals surface area contributed by atoms with Crippen molar-refractivity contribution >= 4 is 33.0 Å². The van der Waals surface area contributed by atoms with Crippen LogP contribution in [0.25, 0.3) is 22.3 Å². The number of hydrogen-bond acceptors (Lipinski definition) is 2. The van der Waals surface area contributed by atoms with Gasteiger partial charge in [0.1, 0.15) is 0 Å². The van der Waals surface area contributed by atoms with Gasteiger partial charge in [0.15, 0.2) is 0 Å². The topological polar surface area (TPSA) is 34.1 Å². The van der Waals surface area contributed by atoms with Gasteiger partial charge < -0.3 is 0 Å². The third-order valence-electron chi connectivity index (χ3n) is 4.67. The average Bonchev–Trinajstić information content (AvgIpc) is 2.75. The van der Waals surface area contributed by atoms with Gasteiger partial charge in [0.2, 0.25) is 9.84 Å². The molecule has 4 aromatic carbocycles. The molecule has 4 rings (SSSR count). The van der Waals surface area contributed by atoms with Crippen LogP contribution in [0.5, 0.6) is 0 Å². The van der Waals surface area contributed by atoms with Gasteiger partial charge in [-0.25, -0.2) is 8.42 Å². The number of hydrogen-bond donors (Lipinski definition) is 0. The molecule has 0 N–H and O–H groups in total. The summed E-state index contributed by atoms with van der Waals surface area (Å²) in [6, 6.07) is 28.5. The molecule has 0 amide bonds. The molecule has 0 bridgehead atoms. The molecule has 0 fully saturated rings. The molecule has 0 atom stereocenters. The highest BCUT2D eigenvalue weighted by Gasteiger charge is 2.21. The lowest BCUT2D eigenvalue weighted by Gasteiger charge is -2.11. The standard InChI is InChI=1S/C24H16Cl2O2S/c25-23-13-11-19(15-21(23)17-7-3-1-4-8-17)29(27,28)20-12-14-24(26)22(16-20)18-9-5-2-6-10-18/h1-16H. The lowest BCUT2D eigenvalue weighted by atomic mass is 10.1. The summed E-state index contributed by atoms with van der Waals surface area (Å²) < 4.78 is 26.7. The Labute approximate surface area is 180 Å². The quantitative estimate of drug-likeness (QED) is 0.338. The van der Waals surface area contributed by atoms with Crippen molar-refractivity contribution in [2.75, 3.05) is 0 Å². The molecule has 144 valence electrons. The molecular formula is C24H16Cl2O2S. The molecule has 0 heterocycles. The van der Waals surface area contributed by atoms with E-state index < -0.39 is 9.84 Å². The van der Waals surface area contributed by atoms with E-state index in [1.54, 1.807) is 24.3 Å². The Kier molecular flexibility index (Phi) is 5.46. The zero-order valence-electron chi connectivity index (χ0n) is 15.2. The summed E-state index contributed by atoms with van der Waals surface area (Å²) in [4.78, 5) is 0.365. The van der Waals surface area contributed by atoms with Gasteiger partial charge in [-0.1, -0.05) is 83.9 Å². The van der Waals surface area contributed by atoms with Gasteiger partial charge in [-0.3, -0.25) is 0 Å². The van der Waals surface area contributed by atoms with Crippen molar-refractivity contribution in [3.05, 3.63) is 107 Å². The maximum absolute atomic E-state index is 13.3. The summed E-state index contributed by atoms with van der Waals surface area (Å²) in [5, 5.41) is 0.993. The third kappa shape index (κ3) is 3.95. The molecule has 0 radical (unpaired) electrons. The first-order valence-corrected chi connectivity index (χ1v) is 11.2. The zero-order chi connectivity index (χ0) is 20.4. The largest absolute Gasteiger partial charge is 0.219 e. The van der Waals surface area contributed by atoms with Gasteiger partial charge in [-0.05, 0) is 47.5 Å². The fraction of sp³-hybridized carbons (Fsp3) is 0. The van der Waals surface area contributed by atoms with E-state index in [-0.39, 0.29) is 9.79 Å². The van der Waals surface area contributed by atoms with Crippen LogP contribution in [0.3, 0.4) is 0 Å². The first kappa shape index (κ1) is 19.7. The van der Waals surface area contributed by atoms with Crippen molar-refractivity contribution in [3.8, 4) is 22.3 Å². The van der Waals surface area contributed by atoms with Crippen LogP contribution < -0.4 is 0 Å². The predicted octanol–water partition coefficient (Wildman–Crippen LogP) is 7.16. The molecule has 29 heavy (non-hydrogen) atoms. The number of halogens is 2. The average molecular weight is 439 g/mol. The second-order valence-electron chi connectivity index (χ2n) is 6.52. The minimum atomic E-state index is -3.75. The van der Waals surface area contributed by atoms with E-state index in [9.17, 15) is 8.42 Å². The monoisotopic (exact) mass is 438 g/mol. The Balaban J connectivity index is 1.83. The first-order chi connectivity index (χ1) is 14.0. The third-order valence-corrected chi connectivity index (χ3v) is 7.07. The zero-order valence-corrected chi connectivity index (χ0v) is 17.5. The van der Waals surface area contributed by atoms with E-state index in [0.717, 1.165) is 11.1 Å². The van der Waals surface area contributed by atoms with Crippen LogP contribution in [-0.4, -0.2) is 8.42 Å². The normalized spacial score (nSPS) is 11.4. The highest BCUT2D eigenvalue weighted by atomic mass is 35.5. The van der Waals surface area contributed by atoms with Crippen molar-refractivity contribution in [1.29, 1.82) is 0 Å². The summed E-state index contributed by atoms with van der Waals surface area (Å²) in [6.07, 6.45) is 0. The Morgan fingerprint density at radius 2 is 0.897 bits per heavy atom. The molecule has 0 aliphatic heterocycles. The smallest absolute Gasteiger partial charge is 0.206 e. The lowest BCUT2D eigenvalue weighted by Crippen LogP contribution is -2.03. The van der Waals surface area contributed by atoms with Gasteiger partial charge in [-0.15, -0.1) is 0 Å². The Morgan fingerprint density at radius 3 is 1.28 bits per heavy atom. The van der Waals surface area contributed by atoms with Gasteiger partial charge >= 0.3 is 0 Å². The van der Waals surface area contributed by atoms with Crippen molar-refractivity contribution in [2.45, 2.75) is 9.79 Å². The van der Waals surface area contributed by atoms with Crippen LogP contribution in [0.1, 0.15) is 0 Å². The van der Waals surface area contributed by atoms with Gasteiger partial charge in [0.05, 0.1) is 9.79 Å². The molecule has 0 aliphatic rings. The summed E-state index contributed by atoms with van der Waals surface area (Å²) >= 11 is 12.7. The summed E-state index contributed by atoms with van der Waals surface area (Å²) in [6.45, 7) is 0. The minimum absolute atomic E-state index is 0.182. The number of sulfone groups is 1. The van der Waals surface area contributed by atoms with Crippen molar-refractivity contribution in [3.63, 3.8) is 0 Å². The van der Waals surface area contributed by atoms with Crippen LogP contribution in [0.4, 0.5) is 0 Å². The predicted molar refractivity (Wildman–Crippen MR) is 119 cm³/mol. The molecule has 0 aliphatic carbocycles. The van der Waals surface area contributed by atoms with Gasteiger partial charge in [0.25, 0.3) is 0 Å². The maximum atomic E-state index is 13.3. The fourth-order valence-electron chi connectivity index (χ4n) is 3.16. The van der Waals surface area contributed by atoms with E-state index >= 15 is 0 Å². The van der Waals surface area contributed by atoms with Crippen molar-refractivity contribution < 1.29 is 8.42 Å². The van der Waals surface area contributed by atoms with E-state index in [2.05, 4.69) is 0 Å². The highest BCUT2D eigenvalue weighted by Crippen LogP contribution is 2.35. The van der Waals surface area contributed by atoms with E-state index in [4.69, 9.17) is 23.2 Å². The molecule has 0 saturated heterocycles. The number of rotatable bonds is 4. The minimum Gasteiger partial charge on any atom is -0.219 e. The number of benzene rings is 4. The summed E-state index contributed by atoms with van der Waals surface area (Å²) in [5.41, 5.74) is 3.06. The van der Waals surface area contributed by atoms with E-state index in [0.29, 0.717) is 21.2 Å². The molecule has 0 spiro atoms. The van der Waals surface area contributed by atoms with Crippen LogP contribution in [-0.2, 0) is 9.84 Å². The SMILES string of the molecule is O=S(=O)(c1ccc(Cl)c(-c2ccccc2)c1)c1ccc(Cl)c(-c2ccccc2)c1. The fourth-order valence-corrected chi connectivity index (χ4v) is 4.92. The maximum Gasteiger partial charge on any atom is 0.206 e. The second kappa shape index (κ2) is 8.03. The van der Waals surface area contributed by atoms with Crippen LogP contribution in [0.15, 0.2) is 107 Å². The molecule has 0 saturated carbocycles. The molecule has 0 aromatic heterocycles. The van der Waals surface area contributed by atoms with Crippen molar-refractivity contribution in [1.82, 2.24) is 0 Å². The molecule has 5 heteroatoms. The van der Waals surface area contributed by atoms with Crippen molar-refractivity contribution in [2.24, 2.45) is 0 Å². The van der Waals surface area contributed by atoms with E-state index in [1.165, 1.54) is 12.1 Å². The highest BCUT2D eigenvalue weighted by molar-refractivity contribution is 7.91. The molecule has 0 unspecified atom stereocenters. The van der Waals surface area contributed by atoms with Crippen LogP contribution in [0, 0.1) is 0 Å². The summed E-state index contributed by atoms with van der Waals surface area (Å²) in [7, 11) is -3.75. The Hall–Kier alpha value is -2.59. The van der Waals surface area contributed by atoms with Gasteiger partial charge in [-0.2, -0.15) is 0 Å². The Bertz CT molecular complexity index is 1170. The molecule has 4 aromatic rings.